The first kappa shape index (κ1) is 34.2. The van der Waals surface area contributed by atoms with Crippen LogP contribution in [-0.2, 0) is 0 Å². The largest absolute Gasteiger partial charge is 0.456 e. The summed E-state index contributed by atoms with van der Waals surface area (Å²) < 4.78 is 11.2. The molecule has 4 aromatic heterocycles. The third kappa shape index (κ3) is 4.99. The summed E-state index contributed by atoms with van der Waals surface area (Å²) >= 11 is 0. The molecule has 63 heavy (non-hydrogen) atoms. The maximum absolute atomic E-state index is 6.37. The van der Waals surface area contributed by atoms with Gasteiger partial charge in [0.1, 0.15) is 11.2 Å². The molecule has 0 spiro atoms. The molecule has 0 fully saturated rings. The number of para-hydroxylation sites is 6. The lowest BCUT2D eigenvalue weighted by molar-refractivity contribution is 0.669. The van der Waals surface area contributed by atoms with Crippen molar-refractivity contribution in [3.8, 4) is 33.9 Å². The lowest BCUT2D eigenvalue weighted by atomic mass is 9.96. The molecule has 14 rings (SSSR count). The van der Waals surface area contributed by atoms with Gasteiger partial charge in [-0.25, -0.2) is 9.97 Å². The van der Waals surface area contributed by atoms with E-state index >= 15 is 0 Å². The zero-order chi connectivity index (χ0) is 41.2. The summed E-state index contributed by atoms with van der Waals surface area (Å²) in [5.41, 5.74) is 14.0. The number of hydrogen-bond acceptors (Lipinski definition) is 3. The highest BCUT2D eigenvalue weighted by atomic mass is 16.3. The first-order valence-corrected chi connectivity index (χ1v) is 21.4. The number of benzene rings is 10. The summed E-state index contributed by atoms with van der Waals surface area (Å²) in [4.78, 5) is 10.7. The molecule has 0 amide bonds. The number of hydrogen-bond donors (Lipinski definition) is 0. The maximum atomic E-state index is 6.37. The van der Waals surface area contributed by atoms with Crippen molar-refractivity contribution in [1.29, 1.82) is 0 Å². The predicted octanol–water partition coefficient (Wildman–Crippen LogP) is 15.4. The van der Waals surface area contributed by atoms with Crippen molar-refractivity contribution >= 4 is 98.1 Å². The fourth-order valence-electron chi connectivity index (χ4n) is 10.2. The molecule has 5 heteroatoms. The van der Waals surface area contributed by atoms with E-state index in [0.29, 0.717) is 0 Å². The van der Waals surface area contributed by atoms with Crippen LogP contribution in [0, 0.1) is 0 Å². The molecular formula is C58H34N4O. The van der Waals surface area contributed by atoms with Crippen molar-refractivity contribution in [2.75, 3.05) is 0 Å². The molecule has 0 aliphatic rings. The minimum atomic E-state index is 0.817. The van der Waals surface area contributed by atoms with Crippen molar-refractivity contribution in [3.05, 3.63) is 206 Å². The molecule has 0 saturated carbocycles. The topological polar surface area (TPSA) is 48.8 Å². The third-order valence-electron chi connectivity index (χ3n) is 13.1. The Hall–Kier alpha value is -8.54. The SMILES string of the molecule is c1ccc2nc(-c3ccc(-n4c5ccccc5c5cc6cc(-n7c8ccccc8c8ccccc87)ccc6cc54)c4ccccc34)c(-c3ccc4c(c3)oc3ccccc34)nc2c1. The van der Waals surface area contributed by atoms with Gasteiger partial charge in [-0.1, -0.05) is 121 Å². The van der Waals surface area contributed by atoms with E-state index in [1.165, 1.54) is 43.4 Å². The standard InChI is InChI=1S/C58H34N4O/c1-2-14-40-39(13-1)46(58-57(59-48-19-7-8-20-49(48)60-58)36-26-28-45-44-18-6-12-24-55(44)63-56(45)34-36)29-30-53(40)62-52-23-11-5-17-43(52)47-32-37-31-38(27-25-35(37)33-54(47)62)61-50-21-9-3-15-41(50)42-16-4-10-22-51(42)61/h1-34H. The Labute approximate surface area is 360 Å². The van der Waals surface area contributed by atoms with Crippen LogP contribution in [0.1, 0.15) is 0 Å². The summed E-state index contributed by atoms with van der Waals surface area (Å²) in [7, 11) is 0. The summed E-state index contributed by atoms with van der Waals surface area (Å²) in [6.07, 6.45) is 0. The third-order valence-corrected chi connectivity index (χ3v) is 13.1. The molecule has 0 aliphatic carbocycles. The quantitative estimate of drug-likeness (QED) is 0.178. The Morgan fingerprint density at radius 1 is 0.333 bits per heavy atom. The second-order valence-electron chi connectivity index (χ2n) is 16.5. The van der Waals surface area contributed by atoms with E-state index in [-0.39, 0.29) is 0 Å². The molecule has 10 aromatic carbocycles. The van der Waals surface area contributed by atoms with Crippen LogP contribution in [-0.4, -0.2) is 19.1 Å². The molecule has 0 unspecified atom stereocenters. The van der Waals surface area contributed by atoms with Gasteiger partial charge < -0.3 is 13.6 Å². The van der Waals surface area contributed by atoms with Crippen LogP contribution in [0.25, 0.3) is 132 Å². The highest BCUT2D eigenvalue weighted by Crippen LogP contribution is 2.42. The molecule has 14 aromatic rings. The molecule has 0 atom stereocenters. The van der Waals surface area contributed by atoms with E-state index < -0.39 is 0 Å². The minimum Gasteiger partial charge on any atom is -0.456 e. The van der Waals surface area contributed by atoms with Crippen molar-refractivity contribution in [2.45, 2.75) is 0 Å². The van der Waals surface area contributed by atoms with Gasteiger partial charge in [0.15, 0.2) is 0 Å². The first-order chi connectivity index (χ1) is 31.2. The summed E-state index contributed by atoms with van der Waals surface area (Å²) in [5, 5.41) is 11.8. The van der Waals surface area contributed by atoms with Gasteiger partial charge >= 0.3 is 0 Å². The summed E-state index contributed by atoms with van der Waals surface area (Å²) in [6, 6.07) is 73.8. The molecule has 292 valence electrons. The first-order valence-electron chi connectivity index (χ1n) is 21.4. The van der Waals surface area contributed by atoms with Crippen LogP contribution in [0.5, 0.6) is 0 Å². The molecule has 0 saturated heterocycles. The van der Waals surface area contributed by atoms with E-state index in [2.05, 4.69) is 179 Å². The van der Waals surface area contributed by atoms with E-state index in [1.807, 2.05) is 36.4 Å². The van der Waals surface area contributed by atoms with Crippen molar-refractivity contribution in [1.82, 2.24) is 19.1 Å². The Kier molecular flexibility index (Phi) is 7.05. The maximum Gasteiger partial charge on any atom is 0.136 e. The van der Waals surface area contributed by atoms with Gasteiger partial charge in [0.2, 0.25) is 0 Å². The number of fused-ring (bicyclic) bond motifs is 12. The molecule has 0 aliphatic heterocycles. The molecular weight excluding hydrogens is 769 g/mol. The van der Waals surface area contributed by atoms with Crippen LogP contribution in [0.2, 0.25) is 0 Å². The van der Waals surface area contributed by atoms with Crippen LogP contribution >= 0.6 is 0 Å². The second-order valence-corrected chi connectivity index (χ2v) is 16.5. The van der Waals surface area contributed by atoms with Crippen LogP contribution in [0.4, 0.5) is 0 Å². The number of furan rings is 1. The Morgan fingerprint density at radius 2 is 0.921 bits per heavy atom. The molecule has 0 bridgehead atoms. The van der Waals surface area contributed by atoms with Gasteiger partial charge in [-0.2, -0.15) is 0 Å². The van der Waals surface area contributed by atoms with Gasteiger partial charge in [0.25, 0.3) is 0 Å². The number of aromatic nitrogens is 4. The second kappa shape index (κ2) is 13.0. The molecule has 5 nitrogen and oxygen atoms in total. The molecule has 4 heterocycles. The van der Waals surface area contributed by atoms with Gasteiger partial charge in [-0.15, -0.1) is 0 Å². The fourth-order valence-corrected chi connectivity index (χ4v) is 10.2. The van der Waals surface area contributed by atoms with Gasteiger partial charge in [0, 0.05) is 54.5 Å². The predicted molar refractivity (Wildman–Crippen MR) is 261 cm³/mol. The Morgan fingerprint density at radius 3 is 1.67 bits per heavy atom. The fraction of sp³-hybridized carbons (Fsp3) is 0. The monoisotopic (exact) mass is 802 g/mol. The Bertz CT molecular complexity index is 4170. The minimum absolute atomic E-state index is 0.817. The Balaban J connectivity index is 0.973. The number of rotatable bonds is 4. The number of nitrogens with zero attached hydrogens (tertiary/aromatic N) is 4. The van der Waals surface area contributed by atoms with Gasteiger partial charge in [-0.05, 0) is 101 Å². The van der Waals surface area contributed by atoms with Gasteiger partial charge in [-0.3, -0.25) is 0 Å². The zero-order valence-corrected chi connectivity index (χ0v) is 33.8. The van der Waals surface area contributed by atoms with Crippen LogP contribution < -0.4 is 0 Å². The van der Waals surface area contributed by atoms with Crippen LogP contribution in [0.15, 0.2) is 211 Å². The van der Waals surface area contributed by atoms with Crippen molar-refractivity contribution in [2.24, 2.45) is 0 Å². The van der Waals surface area contributed by atoms with Crippen molar-refractivity contribution < 1.29 is 4.42 Å². The highest BCUT2D eigenvalue weighted by molar-refractivity contribution is 6.16. The summed E-state index contributed by atoms with van der Waals surface area (Å²) in [6.45, 7) is 0. The molecule has 0 N–H and O–H groups in total. The smallest absolute Gasteiger partial charge is 0.136 e. The van der Waals surface area contributed by atoms with E-state index in [4.69, 9.17) is 14.4 Å². The van der Waals surface area contributed by atoms with Crippen LogP contribution in [0.3, 0.4) is 0 Å². The average Bonchev–Trinajstić information content (AvgIpc) is 3.99. The molecule has 0 radical (unpaired) electrons. The van der Waals surface area contributed by atoms with E-state index in [1.54, 1.807) is 0 Å². The van der Waals surface area contributed by atoms with Crippen molar-refractivity contribution in [3.63, 3.8) is 0 Å². The lowest BCUT2D eigenvalue weighted by Gasteiger charge is -2.17. The zero-order valence-electron chi connectivity index (χ0n) is 33.8. The average molecular weight is 803 g/mol. The normalized spacial score (nSPS) is 12.1. The van der Waals surface area contributed by atoms with E-state index in [0.717, 1.165) is 88.7 Å². The highest BCUT2D eigenvalue weighted by Gasteiger charge is 2.21. The van der Waals surface area contributed by atoms with Gasteiger partial charge in [0.05, 0.1) is 50.2 Å². The summed E-state index contributed by atoms with van der Waals surface area (Å²) in [5.74, 6) is 0. The van der Waals surface area contributed by atoms with E-state index in [9.17, 15) is 0 Å². The lowest BCUT2D eigenvalue weighted by Crippen LogP contribution is -1.99.